The zero-order valence-electron chi connectivity index (χ0n) is 5.05. The van der Waals surface area contributed by atoms with Gasteiger partial charge in [-0.2, -0.15) is 0 Å². The molecule has 0 aromatic heterocycles. The Hall–Kier alpha value is -0.900. The van der Waals surface area contributed by atoms with E-state index in [1.165, 1.54) is 0 Å². The Kier molecular flexibility index (Phi) is 1.79. The molecule has 1 amide bonds. The van der Waals surface area contributed by atoms with Crippen molar-refractivity contribution < 1.29 is 4.79 Å². The summed E-state index contributed by atoms with van der Waals surface area (Å²) in [6.07, 6.45) is 0.840. The summed E-state index contributed by atoms with van der Waals surface area (Å²) < 4.78 is 0. The molecule has 0 aromatic rings. The van der Waals surface area contributed by atoms with Crippen LogP contribution in [0.15, 0.2) is 0 Å². The molecule has 0 aromatic carbocycles. The summed E-state index contributed by atoms with van der Waals surface area (Å²) in [5.74, 6) is -0.208. The molecule has 50 valence electrons. The number of rotatable bonds is 1. The number of carbonyl (C=O) groups excluding carboxylic acids is 1. The Morgan fingerprint density at radius 1 is 1.78 bits per heavy atom. The Bertz CT molecular complexity index is 128. The fourth-order valence-electron chi connectivity index (χ4n) is 0.786. The monoisotopic (exact) mass is 127 g/mol. The molecule has 9 heavy (non-hydrogen) atoms. The average Bonchev–Trinajstić information content (AvgIpc) is 2.37. The van der Waals surface area contributed by atoms with E-state index >= 15 is 0 Å². The van der Waals surface area contributed by atoms with Gasteiger partial charge in [0.25, 0.3) is 5.91 Å². The molecular formula is C5H9N3O. The zero-order valence-corrected chi connectivity index (χ0v) is 5.05. The van der Waals surface area contributed by atoms with Gasteiger partial charge in [-0.3, -0.25) is 10.1 Å². The lowest BCUT2D eigenvalue weighted by atomic mass is 10.5. The lowest BCUT2D eigenvalue weighted by molar-refractivity contribution is -0.122. The van der Waals surface area contributed by atoms with Crippen LogP contribution in [0.2, 0.25) is 0 Å². The summed E-state index contributed by atoms with van der Waals surface area (Å²) in [5.41, 5.74) is 0. The second-order valence-electron chi connectivity index (χ2n) is 1.90. The van der Waals surface area contributed by atoms with Gasteiger partial charge in [-0.15, -0.1) is 0 Å². The van der Waals surface area contributed by atoms with E-state index in [4.69, 9.17) is 5.41 Å². The number of hydrogen-bond donors (Lipinski definition) is 2. The molecule has 2 N–H and O–H groups in total. The maximum atomic E-state index is 10.7. The van der Waals surface area contributed by atoms with Crippen molar-refractivity contribution in [3.8, 4) is 0 Å². The number of nitrogens with one attached hydrogen (secondary N) is 2. The largest absolute Gasteiger partial charge is 0.324 e. The van der Waals surface area contributed by atoms with Gasteiger partial charge in [-0.25, -0.2) is 0 Å². The van der Waals surface area contributed by atoms with E-state index in [-0.39, 0.29) is 5.91 Å². The van der Waals surface area contributed by atoms with Gasteiger partial charge in [0, 0.05) is 13.1 Å². The van der Waals surface area contributed by atoms with Crippen molar-refractivity contribution in [2.45, 2.75) is 0 Å². The summed E-state index contributed by atoms with van der Waals surface area (Å²) in [4.78, 5) is 12.2. The van der Waals surface area contributed by atoms with Gasteiger partial charge in [0.2, 0.25) is 0 Å². The van der Waals surface area contributed by atoms with Crippen LogP contribution in [0.5, 0.6) is 0 Å². The summed E-state index contributed by atoms with van der Waals surface area (Å²) in [7, 11) is 0. The predicted molar refractivity (Wildman–Crippen MR) is 33.4 cm³/mol. The average molecular weight is 127 g/mol. The summed E-state index contributed by atoms with van der Waals surface area (Å²) in [5, 5.41) is 9.62. The van der Waals surface area contributed by atoms with Gasteiger partial charge in [0.05, 0.1) is 12.9 Å². The third kappa shape index (κ3) is 1.26. The van der Waals surface area contributed by atoms with Crippen molar-refractivity contribution in [1.82, 2.24) is 10.2 Å². The van der Waals surface area contributed by atoms with Gasteiger partial charge in [-0.05, 0) is 0 Å². The van der Waals surface area contributed by atoms with Crippen molar-refractivity contribution in [3.05, 3.63) is 0 Å². The van der Waals surface area contributed by atoms with Crippen LogP contribution in [0.3, 0.4) is 0 Å². The van der Waals surface area contributed by atoms with Gasteiger partial charge in [0.15, 0.2) is 0 Å². The first-order valence-electron chi connectivity index (χ1n) is 2.84. The van der Waals surface area contributed by atoms with Crippen LogP contribution in [0.25, 0.3) is 0 Å². The van der Waals surface area contributed by atoms with Crippen molar-refractivity contribution in [1.29, 1.82) is 5.41 Å². The molecule has 1 aliphatic rings. The number of amides is 1. The Labute approximate surface area is 53.3 Å². The third-order valence-corrected chi connectivity index (χ3v) is 1.30. The van der Waals surface area contributed by atoms with E-state index < -0.39 is 0 Å². The second kappa shape index (κ2) is 2.59. The van der Waals surface area contributed by atoms with E-state index in [1.807, 2.05) is 0 Å². The van der Waals surface area contributed by atoms with E-state index in [1.54, 1.807) is 4.90 Å². The molecular weight excluding hydrogens is 118 g/mol. The van der Waals surface area contributed by atoms with Crippen molar-refractivity contribution >= 4 is 12.1 Å². The van der Waals surface area contributed by atoms with Crippen molar-refractivity contribution in [2.75, 3.05) is 19.8 Å². The number of carbonyl (C=O) groups is 1. The van der Waals surface area contributed by atoms with Crippen LogP contribution in [0.1, 0.15) is 0 Å². The normalized spacial score (nSPS) is 18.0. The minimum atomic E-state index is -0.208. The molecule has 0 atom stereocenters. The Balaban J connectivity index is 2.41. The SMILES string of the molecule is N=CC(=O)N1CCNC1. The van der Waals surface area contributed by atoms with Crippen LogP contribution in [0.4, 0.5) is 0 Å². The maximum Gasteiger partial charge on any atom is 0.265 e. The highest BCUT2D eigenvalue weighted by atomic mass is 16.2. The number of nitrogens with zero attached hydrogens (tertiary/aromatic N) is 1. The molecule has 1 fully saturated rings. The van der Waals surface area contributed by atoms with Gasteiger partial charge < -0.3 is 10.3 Å². The highest BCUT2D eigenvalue weighted by Crippen LogP contribution is 1.90. The molecule has 1 rings (SSSR count). The minimum absolute atomic E-state index is 0.208. The first-order valence-corrected chi connectivity index (χ1v) is 2.84. The van der Waals surface area contributed by atoms with Crippen LogP contribution in [0, 0.1) is 5.41 Å². The predicted octanol–water partition coefficient (Wildman–Crippen LogP) is -0.975. The zero-order chi connectivity index (χ0) is 6.69. The van der Waals surface area contributed by atoms with Gasteiger partial charge in [-0.1, -0.05) is 0 Å². The molecule has 0 spiro atoms. The second-order valence-corrected chi connectivity index (χ2v) is 1.90. The summed E-state index contributed by atoms with van der Waals surface area (Å²) in [6.45, 7) is 2.17. The van der Waals surface area contributed by atoms with E-state index in [0.717, 1.165) is 19.3 Å². The van der Waals surface area contributed by atoms with Gasteiger partial charge >= 0.3 is 0 Å². The Morgan fingerprint density at radius 3 is 3.00 bits per heavy atom. The molecule has 4 nitrogen and oxygen atoms in total. The molecule has 0 unspecified atom stereocenters. The number of hydrogen-bond acceptors (Lipinski definition) is 3. The molecule has 4 heteroatoms. The van der Waals surface area contributed by atoms with Crippen LogP contribution < -0.4 is 5.32 Å². The van der Waals surface area contributed by atoms with E-state index in [2.05, 4.69) is 5.32 Å². The molecule has 1 saturated heterocycles. The maximum absolute atomic E-state index is 10.7. The topological polar surface area (TPSA) is 56.2 Å². The lowest BCUT2D eigenvalue weighted by Crippen LogP contribution is -2.29. The van der Waals surface area contributed by atoms with Crippen molar-refractivity contribution in [2.24, 2.45) is 0 Å². The fourth-order valence-corrected chi connectivity index (χ4v) is 0.786. The van der Waals surface area contributed by atoms with E-state index in [9.17, 15) is 4.79 Å². The summed E-state index contributed by atoms with van der Waals surface area (Å²) in [6, 6.07) is 0. The van der Waals surface area contributed by atoms with Crippen molar-refractivity contribution in [3.63, 3.8) is 0 Å². The Morgan fingerprint density at radius 2 is 2.56 bits per heavy atom. The first-order chi connectivity index (χ1) is 4.34. The van der Waals surface area contributed by atoms with Crippen LogP contribution in [-0.2, 0) is 4.79 Å². The smallest absolute Gasteiger partial charge is 0.265 e. The summed E-state index contributed by atoms with van der Waals surface area (Å²) >= 11 is 0. The molecule has 0 aliphatic carbocycles. The highest BCUT2D eigenvalue weighted by molar-refractivity contribution is 6.24. The molecule has 0 radical (unpaired) electrons. The highest BCUT2D eigenvalue weighted by Gasteiger charge is 2.13. The molecule has 1 heterocycles. The lowest BCUT2D eigenvalue weighted by Gasteiger charge is -2.08. The molecule has 0 bridgehead atoms. The van der Waals surface area contributed by atoms with Gasteiger partial charge in [0.1, 0.15) is 0 Å². The van der Waals surface area contributed by atoms with E-state index in [0.29, 0.717) is 6.67 Å². The minimum Gasteiger partial charge on any atom is -0.324 e. The molecule has 0 saturated carbocycles. The fraction of sp³-hybridized carbons (Fsp3) is 0.600. The van der Waals surface area contributed by atoms with Crippen LogP contribution in [-0.4, -0.2) is 36.8 Å². The van der Waals surface area contributed by atoms with Crippen LogP contribution >= 0.6 is 0 Å². The standard InChI is InChI=1S/C5H9N3O/c6-3-5(9)8-2-1-7-4-8/h3,6-7H,1-2,4H2. The molecule has 1 aliphatic heterocycles. The third-order valence-electron chi connectivity index (χ3n) is 1.30. The quantitative estimate of drug-likeness (QED) is 0.445. The first kappa shape index (κ1) is 6.22.